The number of sulfonamides is 1. The van der Waals surface area contributed by atoms with E-state index in [0.29, 0.717) is 33.3 Å². The molecule has 0 unspecified atom stereocenters. The quantitative estimate of drug-likeness (QED) is 0.388. The molecule has 2 aromatic carbocycles. The Labute approximate surface area is 197 Å². The molecule has 33 heavy (non-hydrogen) atoms. The molecule has 1 amide bonds. The highest BCUT2D eigenvalue weighted by Crippen LogP contribution is 2.24. The SMILES string of the molecule is Cc1c(NS(=O)(=O)c2nnc(NC(=O)c3ccc(Cl)cc3)s2)c(=O)n(-c2ccccc2)n1C. The fourth-order valence-corrected chi connectivity index (χ4v) is 5.14. The van der Waals surface area contributed by atoms with Crippen LogP contribution in [0.3, 0.4) is 0 Å². The molecule has 2 heterocycles. The Morgan fingerprint density at radius 3 is 2.39 bits per heavy atom. The molecule has 4 rings (SSSR count). The van der Waals surface area contributed by atoms with Gasteiger partial charge in [-0.25, -0.2) is 4.68 Å². The lowest BCUT2D eigenvalue weighted by Gasteiger charge is -2.07. The van der Waals surface area contributed by atoms with E-state index in [2.05, 4.69) is 20.2 Å². The van der Waals surface area contributed by atoms with Crippen molar-refractivity contribution in [3.63, 3.8) is 0 Å². The van der Waals surface area contributed by atoms with E-state index in [-0.39, 0.29) is 10.8 Å². The van der Waals surface area contributed by atoms with E-state index in [9.17, 15) is 18.0 Å². The van der Waals surface area contributed by atoms with E-state index in [0.717, 1.165) is 0 Å². The predicted octanol–water partition coefficient (Wildman–Crippen LogP) is 3.04. The van der Waals surface area contributed by atoms with Crippen molar-refractivity contribution in [3.05, 3.63) is 81.2 Å². The number of para-hydroxylation sites is 1. The Hall–Kier alpha value is -3.48. The lowest BCUT2D eigenvalue weighted by atomic mass is 10.2. The van der Waals surface area contributed by atoms with Crippen molar-refractivity contribution in [3.8, 4) is 5.69 Å². The zero-order chi connectivity index (χ0) is 23.8. The van der Waals surface area contributed by atoms with Crippen LogP contribution in [0.1, 0.15) is 16.1 Å². The van der Waals surface area contributed by atoms with Gasteiger partial charge in [0.15, 0.2) is 0 Å². The number of anilines is 2. The van der Waals surface area contributed by atoms with Crippen LogP contribution in [0, 0.1) is 6.92 Å². The topological polar surface area (TPSA) is 128 Å². The Balaban J connectivity index is 1.58. The molecule has 0 aliphatic carbocycles. The maximum absolute atomic E-state index is 13.0. The third kappa shape index (κ3) is 4.53. The molecule has 0 saturated heterocycles. The van der Waals surface area contributed by atoms with Crippen LogP contribution in [0.25, 0.3) is 5.69 Å². The minimum atomic E-state index is -4.23. The summed E-state index contributed by atoms with van der Waals surface area (Å²) >= 11 is 6.47. The van der Waals surface area contributed by atoms with Crippen LogP contribution in [0.5, 0.6) is 0 Å². The fourth-order valence-electron chi connectivity index (χ4n) is 3.00. The van der Waals surface area contributed by atoms with Crippen LogP contribution in [0.4, 0.5) is 10.8 Å². The van der Waals surface area contributed by atoms with Crippen molar-refractivity contribution in [1.29, 1.82) is 0 Å². The number of carbonyl (C=O) groups excluding carboxylic acids is 1. The molecule has 0 radical (unpaired) electrons. The molecular weight excluding hydrogens is 488 g/mol. The molecule has 2 N–H and O–H groups in total. The Bertz CT molecular complexity index is 1490. The summed E-state index contributed by atoms with van der Waals surface area (Å²) in [5, 5.41) is 10.3. The zero-order valence-corrected chi connectivity index (χ0v) is 19.7. The smallest absolute Gasteiger partial charge is 0.296 e. The van der Waals surface area contributed by atoms with Gasteiger partial charge in [0.05, 0.1) is 11.4 Å². The third-order valence-electron chi connectivity index (χ3n) is 4.75. The van der Waals surface area contributed by atoms with Crippen LogP contribution in [-0.2, 0) is 17.1 Å². The molecule has 0 aliphatic heterocycles. The minimum absolute atomic E-state index is 0.0122. The Morgan fingerprint density at radius 1 is 1.06 bits per heavy atom. The average molecular weight is 505 g/mol. The molecule has 0 spiro atoms. The van der Waals surface area contributed by atoms with Crippen molar-refractivity contribution >= 4 is 49.7 Å². The summed E-state index contributed by atoms with van der Waals surface area (Å²) in [6.45, 7) is 1.62. The maximum atomic E-state index is 13.0. The number of nitrogens with one attached hydrogen (secondary N) is 2. The van der Waals surface area contributed by atoms with Crippen molar-refractivity contribution in [2.45, 2.75) is 11.3 Å². The third-order valence-corrected chi connectivity index (χ3v) is 7.56. The summed E-state index contributed by atoms with van der Waals surface area (Å²) in [7, 11) is -2.58. The maximum Gasteiger partial charge on any atom is 0.296 e. The summed E-state index contributed by atoms with van der Waals surface area (Å²) in [5.74, 6) is -0.496. The highest BCUT2D eigenvalue weighted by molar-refractivity contribution is 7.94. The molecular formula is C20H17ClN6O4S2. The van der Waals surface area contributed by atoms with Crippen molar-refractivity contribution in [2.75, 3.05) is 10.0 Å². The van der Waals surface area contributed by atoms with E-state index in [4.69, 9.17) is 11.6 Å². The first-order chi connectivity index (χ1) is 15.7. The second kappa shape index (κ2) is 8.81. The number of benzene rings is 2. The number of nitrogens with zero attached hydrogens (tertiary/aromatic N) is 4. The summed E-state index contributed by atoms with van der Waals surface area (Å²) in [6.07, 6.45) is 0. The largest absolute Gasteiger partial charge is 0.296 e. The van der Waals surface area contributed by atoms with Crippen LogP contribution in [0.15, 0.2) is 63.7 Å². The standard InChI is InChI=1S/C20H17ClN6O4S2/c1-12-16(18(29)27(26(12)2)15-6-4-3-5-7-15)25-33(30,31)20-24-23-19(32-20)22-17(28)13-8-10-14(21)11-9-13/h3-11,25H,1-2H3,(H,22,23,28). The van der Waals surface area contributed by atoms with Gasteiger partial charge in [-0.2, -0.15) is 8.42 Å². The van der Waals surface area contributed by atoms with E-state index in [1.54, 1.807) is 55.1 Å². The first kappa shape index (κ1) is 22.7. The average Bonchev–Trinajstić information content (AvgIpc) is 3.34. The monoisotopic (exact) mass is 504 g/mol. The molecule has 0 bridgehead atoms. The molecule has 10 nitrogen and oxygen atoms in total. The van der Waals surface area contributed by atoms with Gasteiger partial charge in [0.1, 0.15) is 5.69 Å². The highest BCUT2D eigenvalue weighted by atomic mass is 35.5. The molecule has 4 aromatic rings. The van der Waals surface area contributed by atoms with Crippen molar-refractivity contribution < 1.29 is 13.2 Å². The summed E-state index contributed by atoms with van der Waals surface area (Å²) in [4.78, 5) is 25.3. The summed E-state index contributed by atoms with van der Waals surface area (Å²) < 4.78 is 30.6. The van der Waals surface area contributed by atoms with Crippen LogP contribution in [0.2, 0.25) is 5.02 Å². The van der Waals surface area contributed by atoms with Crippen molar-refractivity contribution in [1.82, 2.24) is 19.6 Å². The molecule has 0 atom stereocenters. The number of halogens is 1. The van der Waals surface area contributed by atoms with Crippen LogP contribution in [-0.4, -0.2) is 33.9 Å². The first-order valence-corrected chi connectivity index (χ1v) is 12.1. The van der Waals surface area contributed by atoms with E-state index < -0.39 is 25.8 Å². The molecule has 0 aliphatic rings. The fraction of sp³-hybridized carbons (Fsp3) is 0.100. The number of amides is 1. The highest BCUT2D eigenvalue weighted by Gasteiger charge is 2.26. The van der Waals surface area contributed by atoms with Gasteiger partial charge in [0.25, 0.3) is 25.8 Å². The zero-order valence-electron chi connectivity index (χ0n) is 17.3. The lowest BCUT2D eigenvalue weighted by Crippen LogP contribution is -2.23. The van der Waals surface area contributed by atoms with Gasteiger partial charge in [0, 0.05) is 17.6 Å². The van der Waals surface area contributed by atoms with Crippen molar-refractivity contribution in [2.24, 2.45) is 7.05 Å². The molecule has 2 aromatic heterocycles. The molecule has 13 heteroatoms. The minimum Gasteiger partial charge on any atom is -0.296 e. The van der Waals surface area contributed by atoms with Crippen LogP contribution >= 0.6 is 22.9 Å². The molecule has 0 saturated carbocycles. The van der Waals surface area contributed by atoms with E-state index >= 15 is 0 Å². The Kier molecular flexibility index (Phi) is 6.06. The molecule has 170 valence electrons. The van der Waals surface area contributed by atoms with Gasteiger partial charge in [-0.05, 0) is 43.3 Å². The predicted molar refractivity (Wildman–Crippen MR) is 126 cm³/mol. The number of carbonyl (C=O) groups is 1. The number of aromatic nitrogens is 4. The number of rotatable bonds is 6. The number of hydrogen-bond acceptors (Lipinski definition) is 7. The van der Waals surface area contributed by atoms with Gasteiger partial charge in [-0.15, -0.1) is 10.2 Å². The van der Waals surface area contributed by atoms with Gasteiger partial charge in [-0.1, -0.05) is 41.1 Å². The second-order valence-electron chi connectivity index (χ2n) is 6.88. The molecule has 0 fully saturated rings. The number of hydrogen-bond donors (Lipinski definition) is 2. The van der Waals surface area contributed by atoms with Gasteiger partial charge in [-0.3, -0.25) is 24.3 Å². The first-order valence-electron chi connectivity index (χ1n) is 9.44. The van der Waals surface area contributed by atoms with E-state index in [1.807, 2.05) is 6.07 Å². The second-order valence-corrected chi connectivity index (χ2v) is 10.1. The van der Waals surface area contributed by atoms with Crippen LogP contribution < -0.4 is 15.6 Å². The normalized spacial score (nSPS) is 11.4. The summed E-state index contributed by atoms with van der Waals surface area (Å²) in [5.41, 5.74) is 0.669. The summed E-state index contributed by atoms with van der Waals surface area (Å²) in [6, 6.07) is 15.0. The lowest BCUT2D eigenvalue weighted by molar-refractivity contribution is 0.102. The Morgan fingerprint density at radius 2 is 1.73 bits per heavy atom. The van der Waals surface area contributed by atoms with Gasteiger partial charge < -0.3 is 0 Å². The van der Waals surface area contributed by atoms with E-state index in [1.165, 1.54) is 16.8 Å². The van der Waals surface area contributed by atoms with Gasteiger partial charge >= 0.3 is 0 Å². The van der Waals surface area contributed by atoms with Gasteiger partial charge in [0.2, 0.25) is 5.13 Å².